The monoisotopic (exact) mass is 407 g/mol. The van der Waals surface area contributed by atoms with Gasteiger partial charge in [0.05, 0.1) is 29.2 Å². The van der Waals surface area contributed by atoms with E-state index in [9.17, 15) is 9.59 Å². The molecule has 1 fully saturated rings. The Balaban J connectivity index is 1.46. The molecule has 2 amide bonds. The van der Waals surface area contributed by atoms with E-state index in [-0.39, 0.29) is 17.7 Å². The smallest absolute Gasteiger partial charge is 0.298 e. The molecule has 0 aliphatic carbocycles. The summed E-state index contributed by atoms with van der Waals surface area (Å²) in [6, 6.07) is 10.6. The number of pyridine rings is 1. The SMILES string of the molecule is CO[C@H]1CCN(c2nc(C(=O)Nc3ccccc3C(=O)Nc3cccnc3)co2)C1. The zero-order chi connectivity index (χ0) is 20.9. The third-order valence-corrected chi connectivity index (χ3v) is 4.81. The Morgan fingerprint density at radius 2 is 2.03 bits per heavy atom. The minimum absolute atomic E-state index is 0.124. The van der Waals surface area contributed by atoms with Crippen LogP contribution in [0.1, 0.15) is 27.3 Å². The van der Waals surface area contributed by atoms with E-state index in [4.69, 9.17) is 9.15 Å². The van der Waals surface area contributed by atoms with E-state index in [2.05, 4.69) is 20.6 Å². The van der Waals surface area contributed by atoms with Crippen molar-refractivity contribution in [1.82, 2.24) is 9.97 Å². The molecule has 0 saturated carbocycles. The molecular formula is C21H21N5O4. The molecule has 1 atom stereocenters. The van der Waals surface area contributed by atoms with Crippen LogP contribution >= 0.6 is 0 Å². The van der Waals surface area contributed by atoms with Crippen LogP contribution in [0.15, 0.2) is 59.5 Å². The number of nitrogens with one attached hydrogen (secondary N) is 2. The van der Waals surface area contributed by atoms with Crippen molar-refractivity contribution in [2.75, 3.05) is 35.7 Å². The molecule has 30 heavy (non-hydrogen) atoms. The average molecular weight is 407 g/mol. The molecule has 0 spiro atoms. The summed E-state index contributed by atoms with van der Waals surface area (Å²) in [7, 11) is 1.67. The Morgan fingerprint density at radius 1 is 1.17 bits per heavy atom. The molecule has 1 aliphatic rings. The molecule has 0 bridgehead atoms. The summed E-state index contributed by atoms with van der Waals surface area (Å²) >= 11 is 0. The van der Waals surface area contributed by atoms with Gasteiger partial charge in [0.15, 0.2) is 5.69 Å². The van der Waals surface area contributed by atoms with Gasteiger partial charge in [-0.05, 0) is 30.7 Å². The molecule has 0 unspecified atom stereocenters. The van der Waals surface area contributed by atoms with Gasteiger partial charge in [-0.2, -0.15) is 4.98 Å². The molecule has 1 saturated heterocycles. The minimum Gasteiger partial charge on any atom is -0.431 e. The number of amides is 2. The largest absolute Gasteiger partial charge is 0.431 e. The van der Waals surface area contributed by atoms with Gasteiger partial charge >= 0.3 is 0 Å². The number of carbonyl (C=O) groups excluding carboxylic acids is 2. The number of hydrogen-bond donors (Lipinski definition) is 2. The highest BCUT2D eigenvalue weighted by Gasteiger charge is 2.26. The summed E-state index contributed by atoms with van der Waals surface area (Å²) < 4.78 is 10.8. The molecule has 9 heteroatoms. The third-order valence-electron chi connectivity index (χ3n) is 4.81. The summed E-state index contributed by atoms with van der Waals surface area (Å²) in [6.45, 7) is 1.41. The number of hydrogen-bond acceptors (Lipinski definition) is 7. The molecular weight excluding hydrogens is 386 g/mol. The maximum Gasteiger partial charge on any atom is 0.298 e. The number of carbonyl (C=O) groups is 2. The molecule has 3 aromatic rings. The second-order valence-corrected chi connectivity index (χ2v) is 6.80. The van der Waals surface area contributed by atoms with Crippen LogP contribution in [0, 0.1) is 0 Å². The summed E-state index contributed by atoms with van der Waals surface area (Å²) in [5, 5.41) is 5.49. The van der Waals surface area contributed by atoms with Gasteiger partial charge in [0.25, 0.3) is 17.8 Å². The number of ether oxygens (including phenoxy) is 1. The number of methoxy groups -OCH3 is 1. The lowest BCUT2D eigenvalue weighted by Gasteiger charge is -2.12. The van der Waals surface area contributed by atoms with Crippen molar-refractivity contribution in [2.24, 2.45) is 0 Å². The van der Waals surface area contributed by atoms with E-state index < -0.39 is 5.91 Å². The normalized spacial score (nSPS) is 15.8. The number of aromatic nitrogens is 2. The van der Waals surface area contributed by atoms with Gasteiger partial charge in [0, 0.05) is 26.4 Å². The number of para-hydroxylation sites is 1. The Hall–Kier alpha value is -3.72. The van der Waals surface area contributed by atoms with Gasteiger partial charge in [-0.15, -0.1) is 0 Å². The first-order valence-electron chi connectivity index (χ1n) is 9.49. The molecule has 2 aromatic heterocycles. The molecule has 154 valence electrons. The predicted molar refractivity (Wildman–Crippen MR) is 111 cm³/mol. The van der Waals surface area contributed by atoms with Crippen molar-refractivity contribution >= 4 is 29.2 Å². The lowest BCUT2D eigenvalue weighted by Crippen LogP contribution is -2.23. The van der Waals surface area contributed by atoms with E-state index in [1.807, 2.05) is 4.90 Å². The lowest BCUT2D eigenvalue weighted by atomic mass is 10.1. The molecule has 4 rings (SSSR count). The highest BCUT2D eigenvalue weighted by Crippen LogP contribution is 2.22. The summed E-state index contributed by atoms with van der Waals surface area (Å²) in [5.74, 6) is -0.823. The van der Waals surface area contributed by atoms with Gasteiger partial charge in [0.1, 0.15) is 6.26 Å². The number of anilines is 3. The van der Waals surface area contributed by atoms with Crippen molar-refractivity contribution in [3.8, 4) is 0 Å². The van der Waals surface area contributed by atoms with Crippen LogP contribution in [0.5, 0.6) is 0 Å². The lowest BCUT2D eigenvalue weighted by molar-refractivity contribution is 0.102. The molecule has 1 aromatic carbocycles. The second-order valence-electron chi connectivity index (χ2n) is 6.80. The Labute approximate surface area is 173 Å². The Kier molecular flexibility index (Phi) is 5.71. The van der Waals surface area contributed by atoms with Gasteiger partial charge in [0.2, 0.25) is 0 Å². The number of oxazole rings is 1. The van der Waals surface area contributed by atoms with Crippen LogP contribution in [0.4, 0.5) is 17.4 Å². The first kappa shape index (κ1) is 19.6. The standard InChI is InChI=1S/C21H21N5O4/c1-29-15-8-10-26(12-15)21-25-18(13-30-21)20(28)24-17-7-3-2-6-16(17)19(27)23-14-5-4-9-22-11-14/h2-7,9,11,13,15H,8,10,12H2,1H3,(H,23,27)(H,24,28)/t15-/m0/s1. The molecule has 9 nitrogen and oxygen atoms in total. The van der Waals surface area contributed by atoms with Crippen molar-refractivity contribution < 1.29 is 18.7 Å². The number of rotatable bonds is 6. The number of benzene rings is 1. The minimum atomic E-state index is -0.464. The summed E-state index contributed by atoms with van der Waals surface area (Å²) in [4.78, 5) is 35.5. The Morgan fingerprint density at radius 3 is 2.80 bits per heavy atom. The summed E-state index contributed by atoms with van der Waals surface area (Å²) in [5.41, 5.74) is 1.38. The van der Waals surface area contributed by atoms with Gasteiger partial charge in [-0.3, -0.25) is 14.6 Å². The molecule has 0 radical (unpaired) electrons. The van der Waals surface area contributed by atoms with E-state index in [1.54, 1.807) is 55.9 Å². The van der Waals surface area contributed by atoms with Crippen molar-refractivity contribution in [1.29, 1.82) is 0 Å². The first-order chi connectivity index (χ1) is 14.6. The maximum absolute atomic E-state index is 12.7. The van der Waals surface area contributed by atoms with Crippen LogP contribution in [0.2, 0.25) is 0 Å². The number of nitrogens with zero attached hydrogens (tertiary/aromatic N) is 3. The topological polar surface area (TPSA) is 110 Å². The van der Waals surface area contributed by atoms with Crippen LogP contribution in [0.25, 0.3) is 0 Å². The molecule has 2 N–H and O–H groups in total. The van der Waals surface area contributed by atoms with Gasteiger partial charge in [-0.25, -0.2) is 0 Å². The third kappa shape index (κ3) is 4.31. The fourth-order valence-corrected chi connectivity index (χ4v) is 3.22. The molecule has 1 aliphatic heterocycles. The van der Waals surface area contributed by atoms with Crippen LogP contribution in [-0.4, -0.2) is 48.1 Å². The van der Waals surface area contributed by atoms with Crippen LogP contribution < -0.4 is 15.5 Å². The highest BCUT2D eigenvalue weighted by atomic mass is 16.5. The fourth-order valence-electron chi connectivity index (χ4n) is 3.22. The van der Waals surface area contributed by atoms with Crippen molar-refractivity contribution in [3.05, 3.63) is 66.3 Å². The van der Waals surface area contributed by atoms with E-state index in [0.29, 0.717) is 29.5 Å². The average Bonchev–Trinajstić information content (AvgIpc) is 3.44. The zero-order valence-electron chi connectivity index (χ0n) is 16.4. The van der Waals surface area contributed by atoms with E-state index >= 15 is 0 Å². The predicted octanol–water partition coefficient (Wildman–Crippen LogP) is 2.80. The van der Waals surface area contributed by atoms with Crippen molar-refractivity contribution in [2.45, 2.75) is 12.5 Å². The Bertz CT molecular complexity index is 1040. The van der Waals surface area contributed by atoms with Crippen molar-refractivity contribution in [3.63, 3.8) is 0 Å². The van der Waals surface area contributed by atoms with E-state index in [1.165, 1.54) is 6.26 Å². The van der Waals surface area contributed by atoms with Gasteiger partial charge < -0.3 is 24.7 Å². The first-order valence-corrected chi connectivity index (χ1v) is 9.49. The molecule has 3 heterocycles. The second kappa shape index (κ2) is 8.75. The maximum atomic E-state index is 12.7. The van der Waals surface area contributed by atoms with Gasteiger partial charge in [-0.1, -0.05) is 12.1 Å². The highest BCUT2D eigenvalue weighted by molar-refractivity contribution is 6.12. The fraction of sp³-hybridized carbons (Fsp3) is 0.238. The quantitative estimate of drug-likeness (QED) is 0.647. The zero-order valence-corrected chi connectivity index (χ0v) is 16.4. The summed E-state index contributed by atoms with van der Waals surface area (Å²) in [6.07, 6.45) is 5.47. The van der Waals surface area contributed by atoms with Crippen LogP contribution in [-0.2, 0) is 4.74 Å². The van der Waals surface area contributed by atoms with Crippen LogP contribution in [0.3, 0.4) is 0 Å². The van der Waals surface area contributed by atoms with E-state index in [0.717, 1.165) is 13.0 Å².